The summed E-state index contributed by atoms with van der Waals surface area (Å²) in [7, 11) is 0. The minimum absolute atomic E-state index is 0.822. The third kappa shape index (κ3) is 4.21. The topological polar surface area (TPSA) is 32.5 Å². The van der Waals surface area contributed by atoms with Crippen molar-refractivity contribution < 1.29 is 0 Å². The maximum Gasteiger partial charge on any atom is 0.0458 e. The largest absolute Gasteiger partial charge is 0.398 e. The van der Waals surface area contributed by atoms with Gasteiger partial charge in [0.1, 0.15) is 0 Å². The van der Waals surface area contributed by atoms with Gasteiger partial charge in [0.2, 0.25) is 0 Å². The van der Waals surface area contributed by atoms with Crippen LogP contribution in [-0.4, -0.2) is 42.5 Å². The fourth-order valence-electron chi connectivity index (χ4n) is 3.58. The van der Waals surface area contributed by atoms with Crippen molar-refractivity contribution in [1.29, 1.82) is 0 Å². The molecule has 116 valence electrons. The molecule has 0 atom stereocenters. The first-order valence-corrected chi connectivity index (χ1v) is 8.98. The zero-order valence-corrected chi connectivity index (χ0v) is 14.3. The van der Waals surface area contributed by atoms with Crippen LogP contribution in [0.5, 0.6) is 0 Å². The fourth-order valence-corrected chi connectivity index (χ4v) is 4.01. The van der Waals surface area contributed by atoms with Gasteiger partial charge < -0.3 is 10.6 Å². The normalized spacial score (nSPS) is 22.0. The van der Waals surface area contributed by atoms with E-state index in [1.807, 2.05) is 6.07 Å². The Morgan fingerprint density at radius 3 is 2.43 bits per heavy atom. The first-order valence-electron chi connectivity index (χ1n) is 8.19. The Labute approximate surface area is 136 Å². The van der Waals surface area contributed by atoms with E-state index in [-0.39, 0.29) is 0 Å². The third-order valence-electron chi connectivity index (χ3n) is 4.89. The van der Waals surface area contributed by atoms with Gasteiger partial charge in [-0.15, -0.1) is 0 Å². The molecule has 2 fully saturated rings. The highest BCUT2D eigenvalue weighted by molar-refractivity contribution is 9.10. The van der Waals surface area contributed by atoms with Crippen molar-refractivity contribution in [3.63, 3.8) is 0 Å². The van der Waals surface area contributed by atoms with Gasteiger partial charge in [0, 0.05) is 23.2 Å². The molecule has 0 aliphatic carbocycles. The van der Waals surface area contributed by atoms with Crippen LogP contribution in [0.1, 0.15) is 31.2 Å². The zero-order valence-electron chi connectivity index (χ0n) is 12.7. The van der Waals surface area contributed by atoms with Crippen LogP contribution in [0.2, 0.25) is 0 Å². The third-order valence-corrected chi connectivity index (χ3v) is 5.58. The summed E-state index contributed by atoms with van der Waals surface area (Å²) in [6, 6.07) is 6.31. The summed E-state index contributed by atoms with van der Waals surface area (Å²) in [4.78, 5) is 5.25. The number of piperidine rings is 1. The molecule has 1 aromatic rings. The molecule has 2 N–H and O–H groups in total. The van der Waals surface area contributed by atoms with Crippen molar-refractivity contribution in [2.24, 2.45) is 5.92 Å². The summed E-state index contributed by atoms with van der Waals surface area (Å²) in [5.41, 5.74) is 8.03. The second-order valence-electron chi connectivity index (χ2n) is 6.58. The van der Waals surface area contributed by atoms with E-state index in [0.29, 0.717) is 0 Å². The predicted molar refractivity (Wildman–Crippen MR) is 92.2 cm³/mol. The summed E-state index contributed by atoms with van der Waals surface area (Å²) in [6.07, 6.45) is 5.52. The lowest BCUT2D eigenvalue weighted by atomic mass is 9.96. The van der Waals surface area contributed by atoms with Crippen LogP contribution in [0.15, 0.2) is 22.7 Å². The number of hydrogen-bond donors (Lipinski definition) is 1. The van der Waals surface area contributed by atoms with E-state index < -0.39 is 0 Å². The van der Waals surface area contributed by atoms with Crippen molar-refractivity contribution in [2.75, 3.05) is 38.5 Å². The number of hydrogen-bond acceptors (Lipinski definition) is 3. The van der Waals surface area contributed by atoms with Crippen molar-refractivity contribution in [2.45, 2.75) is 32.2 Å². The molecule has 3 nitrogen and oxygen atoms in total. The standard InChI is InChI=1S/C17H26BrN3/c18-16-11-15(3-4-17(16)19)13-21-9-5-14(6-10-21)12-20-7-1-2-8-20/h3-4,11,14H,1-2,5-10,12-13,19H2. The van der Waals surface area contributed by atoms with E-state index >= 15 is 0 Å². The van der Waals surface area contributed by atoms with E-state index in [1.54, 1.807) is 0 Å². The van der Waals surface area contributed by atoms with Crippen LogP contribution in [-0.2, 0) is 6.54 Å². The van der Waals surface area contributed by atoms with E-state index in [0.717, 1.165) is 22.6 Å². The van der Waals surface area contributed by atoms with Crippen LogP contribution >= 0.6 is 15.9 Å². The van der Waals surface area contributed by atoms with Crippen LogP contribution in [0, 0.1) is 5.92 Å². The molecule has 2 aliphatic heterocycles. The summed E-state index contributed by atoms with van der Waals surface area (Å²) in [6.45, 7) is 7.52. The van der Waals surface area contributed by atoms with Gasteiger partial charge in [-0.25, -0.2) is 0 Å². The second kappa shape index (κ2) is 7.12. The molecule has 2 heterocycles. The number of benzene rings is 1. The smallest absolute Gasteiger partial charge is 0.0458 e. The lowest BCUT2D eigenvalue weighted by Gasteiger charge is -2.33. The monoisotopic (exact) mass is 351 g/mol. The minimum atomic E-state index is 0.822. The molecule has 0 unspecified atom stereocenters. The summed E-state index contributed by atoms with van der Waals surface area (Å²) in [5, 5.41) is 0. The number of nitrogens with two attached hydrogens (primary N) is 1. The van der Waals surface area contributed by atoms with Crippen LogP contribution < -0.4 is 5.73 Å². The van der Waals surface area contributed by atoms with Crippen LogP contribution in [0.3, 0.4) is 0 Å². The van der Waals surface area contributed by atoms with Gasteiger partial charge in [-0.05, 0) is 91.4 Å². The molecule has 0 aromatic heterocycles. The second-order valence-corrected chi connectivity index (χ2v) is 7.44. The van der Waals surface area contributed by atoms with Gasteiger partial charge in [0.05, 0.1) is 0 Å². The van der Waals surface area contributed by atoms with Gasteiger partial charge in [-0.2, -0.15) is 0 Å². The first-order chi connectivity index (χ1) is 10.2. The highest BCUT2D eigenvalue weighted by atomic mass is 79.9. The molecule has 0 bridgehead atoms. The molecule has 0 radical (unpaired) electrons. The minimum Gasteiger partial charge on any atom is -0.398 e. The molecule has 3 rings (SSSR count). The summed E-state index contributed by atoms with van der Waals surface area (Å²) in [5.74, 6) is 0.914. The number of nitrogens with zero attached hydrogens (tertiary/aromatic N) is 2. The molecular weight excluding hydrogens is 326 g/mol. The fraction of sp³-hybridized carbons (Fsp3) is 0.647. The zero-order chi connectivity index (χ0) is 14.7. The molecule has 0 amide bonds. The maximum atomic E-state index is 5.85. The average Bonchev–Trinajstić information content (AvgIpc) is 2.98. The quantitative estimate of drug-likeness (QED) is 0.844. The predicted octanol–water partition coefficient (Wildman–Crippen LogP) is 3.34. The molecular formula is C17H26BrN3. The molecule has 21 heavy (non-hydrogen) atoms. The van der Waals surface area contributed by atoms with E-state index in [9.17, 15) is 0 Å². The Kier molecular flexibility index (Phi) is 5.19. The van der Waals surface area contributed by atoms with Gasteiger partial charge >= 0.3 is 0 Å². The van der Waals surface area contributed by atoms with Crippen molar-refractivity contribution in [3.05, 3.63) is 28.2 Å². The highest BCUT2D eigenvalue weighted by Gasteiger charge is 2.22. The Morgan fingerprint density at radius 1 is 1.05 bits per heavy atom. The average molecular weight is 352 g/mol. The molecule has 4 heteroatoms. The Balaban J connectivity index is 1.45. The molecule has 0 spiro atoms. The van der Waals surface area contributed by atoms with Gasteiger partial charge in [0.15, 0.2) is 0 Å². The molecule has 1 aromatic carbocycles. The number of anilines is 1. The van der Waals surface area contributed by atoms with Crippen molar-refractivity contribution in [1.82, 2.24) is 9.80 Å². The van der Waals surface area contributed by atoms with Crippen LogP contribution in [0.4, 0.5) is 5.69 Å². The molecule has 2 aliphatic rings. The van der Waals surface area contributed by atoms with Gasteiger partial charge in [0.25, 0.3) is 0 Å². The maximum absolute atomic E-state index is 5.85. The van der Waals surface area contributed by atoms with E-state index in [1.165, 1.54) is 64.0 Å². The van der Waals surface area contributed by atoms with Crippen molar-refractivity contribution >= 4 is 21.6 Å². The van der Waals surface area contributed by atoms with Crippen molar-refractivity contribution in [3.8, 4) is 0 Å². The Hall–Kier alpha value is -0.580. The number of likely N-dealkylation sites (tertiary alicyclic amines) is 2. The summed E-state index contributed by atoms with van der Waals surface area (Å²) < 4.78 is 1.02. The van der Waals surface area contributed by atoms with E-state index in [2.05, 4.69) is 37.9 Å². The SMILES string of the molecule is Nc1ccc(CN2CCC(CN3CCCC3)CC2)cc1Br. The molecule has 0 saturated carbocycles. The summed E-state index contributed by atoms with van der Waals surface area (Å²) >= 11 is 3.52. The highest BCUT2D eigenvalue weighted by Crippen LogP contribution is 2.24. The lowest BCUT2D eigenvalue weighted by Crippen LogP contribution is -2.37. The lowest BCUT2D eigenvalue weighted by molar-refractivity contribution is 0.149. The first kappa shape index (κ1) is 15.3. The molecule has 2 saturated heterocycles. The van der Waals surface area contributed by atoms with Crippen LogP contribution in [0.25, 0.3) is 0 Å². The number of halogens is 1. The van der Waals surface area contributed by atoms with E-state index in [4.69, 9.17) is 5.73 Å². The number of nitrogen functional groups attached to an aromatic ring is 1. The number of rotatable bonds is 4. The van der Waals surface area contributed by atoms with Gasteiger partial charge in [-0.1, -0.05) is 6.07 Å². The Morgan fingerprint density at radius 2 is 1.76 bits per heavy atom. The Bertz CT molecular complexity index is 463. The van der Waals surface area contributed by atoms with Gasteiger partial charge in [-0.3, -0.25) is 4.90 Å².